The van der Waals surface area contributed by atoms with Gasteiger partial charge in [-0.1, -0.05) is 0 Å². The highest BCUT2D eigenvalue weighted by atomic mass is 32.2. The monoisotopic (exact) mass is 317 g/mol. The number of carboxylic acids is 1. The lowest BCUT2D eigenvalue weighted by Crippen LogP contribution is -2.31. The molecule has 0 atom stereocenters. The molecular weight excluding hydrogens is 298 g/mol. The van der Waals surface area contributed by atoms with Crippen LogP contribution in [0, 0.1) is 6.92 Å². The Morgan fingerprint density at radius 3 is 2.57 bits per heavy atom. The van der Waals surface area contributed by atoms with Crippen LogP contribution in [0.3, 0.4) is 0 Å². The molecule has 1 N–H and O–H groups in total. The van der Waals surface area contributed by atoms with Crippen molar-refractivity contribution in [3.8, 4) is 5.75 Å². The highest BCUT2D eigenvalue weighted by Crippen LogP contribution is 2.23. The maximum absolute atomic E-state index is 12.4. The predicted molar refractivity (Wildman–Crippen MR) is 76.0 cm³/mol. The molecule has 0 aliphatic rings. The Kier molecular flexibility index (Phi) is 6.13. The minimum atomic E-state index is -3.64. The molecule has 0 aliphatic heterocycles. The first kappa shape index (κ1) is 17.4. The molecule has 1 aromatic rings. The van der Waals surface area contributed by atoms with Crippen LogP contribution in [-0.2, 0) is 19.6 Å². The molecule has 1 rings (SSSR count). The molecule has 1 aromatic carbocycles. The molecule has 0 radical (unpaired) electrons. The van der Waals surface area contributed by atoms with E-state index < -0.39 is 22.6 Å². The van der Waals surface area contributed by atoms with Crippen LogP contribution in [0.5, 0.6) is 5.75 Å². The summed E-state index contributed by atoms with van der Waals surface area (Å²) in [7, 11) is -0.716. The van der Waals surface area contributed by atoms with E-state index in [1.54, 1.807) is 19.1 Å². The van der Waals surface area contributed by atoms with Gasteiger partial charge in [-0.15, -0.1) is 0 Å². The molecule has 0 fully saturated rings. The summed E-state index contributed by atoms with van der Waals surface area (Å²) in [5.74, 6) is -0.509. The number of hydrogen-bond acceptors (Lipinski definition) is 5. The van der Waals surface area contributed by atoms with Crippen LogP contribution in [0.15, 0.2) is 23.1 Å². The zero-order valence-electron chi connectivity index (χ0n) is 12.2. The number of rotatable bonds is 8. The largest absolute Gasteiger partial charge is 0.497 e. The summed E-state index contributed by atoms with van der Waals surface area (Å²) in [5, 5.41) is 8.43. The molecule has 118 valence electrons. The van der Waals surface area contributed by atoms with Crippen molar-refractivity contribution < 1.29 is 27.8 Å². The lowest BCUT2D eigenvalue weighted by atomic mass is 10.2. The van der Waals surface area contributed by atoms with Crippen LogP contribution in [0.1, 0.15) is 5.56 Å². The second-order valence-corrected chi connectivity index (χ2v) is 6.42. The number of ether oxygens (including phenoxy) is 2. The van der Waals surface area contributed by atoms with Gasteiger partial charge in [0.05, 0.1) is 18.6 Å². The van der Waals surface area contributed by atoms with Gasteiger partial charge in [-0.05, 0) is 30.7 Å². The molecule has 0 saturated heterocycles. The summed E-state index contributed by atoms with van der Waals surface area (Å²) in [5.41, 5.74) is 0.577. The van der Waals surface area contributed by atoms with Gasteiger partial charge in [0.2, 0.25) is 10.0 Å². The SMILES string of the molecule is COc1ccc(S(=O)(=O)N(C)CCOCC(=O)O)c(C)c1. The smallest absolute Gasteiger partial charge is 0.329 e. The van der Waals surface area contributed by atoms with E-state index in [-0.39, 0.29) is 18.0 Å². The van der Waals surface area contributed by atoms with Crippen molar-refractivity contribution in [2.24, 2.45) is 0 Å². The molecule has 0 unspecified atom stereocenters. The molecule has 0 heterocycles. The third-order valence-corrected chi connectivity index (χ3v) is 4.86. The van der Waals surface area contributed by atoms with Gasteiger partial charge in [0.25, 0.3) is 0 Å². The minimum Gasteiger partial charge on any atom is -0.497 e. The van der Waals surface area contributed by atoms with Crippen LogP contribution in [-0.4, -0.2) is 57.7 Å². The van der Waals surface area contributed by atoms with E-state index in [1.165, 1.54) is 20.2 Å². The van der Waals surface area contributed by atoms with Gasteiger partial charge in [-0.3, -0.25) is 0 Å². The van der Waals surface area contributed by atoms with Crippen molar-refractivity contribution in [2.45, 2.75) is 11.8 Å². The average Bonchev–Trinajstić information content (AvgIpc) is 2.42. The van der Waals surface area contributed by atoms with Gasteiger partial charge in [-0.25, -0.2) is 13.2 Å². The third kappa shape index (κ3) is 4.69. The third-order valence-electron chi connectivity index (χ3n) is 2.85. The number of nitrogens with zero attached hydrogens (tertiary/aromatic N) is 1. The summed E-state index contributed by atoms with van der Waals surface area (Å²) >= 11 is 0. The fraction of sp³-hybridized carbons (Fsp3) is 0.462. The lowest BCUT2D eigenvalue weighted by Gasteiger charge is -2.18. The zero-order valence-corrected chi connectivity index (χ0v) is 13.0. The van der Waals surface area contributed by atoms with E-state index >= 15 is 0 Å². The van der Waals surface area contributed by atoms with E-state index in [0.717, 1.165) is 4.31 Å². The van der Waals surface area contributed by atoms with Crippen molar-refractivity contribution in [1.29, 1.82) is 0 Å². The second kappa shape index (κ2) is 7.39. The Morgan fingerprint density at radius 1 is 1.38 bits per heavy atom. The predicted octanol–water partition coefficient (Wildman–Crippen LogP) is 0.725. The Labute approximate surface area is 124 Å². The molecule has 0 saturated carbocycles. The van der Waals surface area contributed by atoms with Crippen molar-refractivity contribution in [2.75, 3.05) is 33.9 Å². The van der Waals surface area contributed by atoms with Crippen LogP contribution in [0.25, 0.3) is 0 Å². The van der Waals surface area contributed by atoms with E-state index in [4.69, 9.17) is 14.6 Å². The van der Waals surface area contributed by atoms with Crippen LogP contribution >= 0.6 is 0 Å². The maximum atomic E-state index is 12.4. The minimum absolute atomic E-state index is 0.0111. The molecule has 8 heteroatoms. The van der Waals surface area contributed by atoms with Crippen LogP contribution in [0.4, 0.5) is 0 Å². The number of benzene rings is 1. The number of sulfonamides is 1. The van der Waals surface area contributed by atoms with Gasteiger partial charge in [0.1, 0.15) is 12.4 Å². The quantitative estimate of drug-likeness (QED) is 0.710. The first-order valence-corrected chi connectivity index (χ1v) is 7.63. The van der Waals surface area contributed by atoms with E-state index in [2.05, 4.69) is 0 Å². The van der Waals surface area contributed by atoms with Gasteiger partial charge in [-0.2, -0.15) is 4.31 Å². The normalized spacial score (nSPS) is 11.6. The topological polar surface area (TPSA) is 93.1 Å². The summed E-state index contributed by atoms with van der Waals surface area (Å²) in [6.45, 7) is 1.32. The summed E-state index contributed by atoms with van der Waals surface area (Å²) in [6.07, 6.45) is 0. The fourth-order valence-corrected chi connectivity index (χ4v) is 3.04. The standard InChI is InChI=1S/C13H19NO6S/c1-10-8-11(19-3)4-5-12(10)21(17,18)14(2)6-7-20-9-13(15)16/h4-5,8H,6-7,9H2,1-3H3,(H,15,16). The summed E-state index contributed by atoms with van der Waals surface area (Å²) in [6, 6.07) is 4.70. The maximum Gasteiger partial charge on any atom is 0.329 e. The summed E-state index contributed by atoms with van der Waals surface area (Å²) < 4.78 is 35.8. The van der Waals surface area contributed by atoms with Gasteiger partial charge in [0, 0.05) is 13.6 Å². The fourth-order valence-electron chi connectivity index (χ4n) is 1.68. The highest BCUT2D eigenvalue weighted by Gasteiger charge is 2.22. The van der Waals surface area contributed by atoms with E-state index in [1.807, 2.05) is 0 Å². The van der Waals surface area contributed by atoms with E-state index in [0.29, 0.717) is 11.3 Å². The average molecular weight is 317 g/mol. The Morgan fingerprint density at radius 2 is 2.05 bits per heavy atom. The molecule has 0 aromatic heterocycles. The van der Waals surface area contributed by atoms with Crippen LogP contribution in [0.2, 0.25) is 0 Å². The number of aliphatic carboxylic acids is 1. The molecule has 0 spiro atoms. The number of carbonyl (C=O) groups is 1. The first-order chi connectivity index (χ1) is 9.78. The first-order valence-electron chi connectivity index (χ1n) is 6.19. The number of methoxy groups -OCH3 is 1. The molecule has 7 nitrogen and oxygen atoms in total. The lowest BCUT2D eigenvalue weighted by molar-refractivity contribution is -0.142. The zero-order chi connectivity index (χ0) is 16.0. The molecular formula is C13H19NO6S. The summed E-state index contributed by atoms with van der Waals surface area (Å²) in [4.78, 5) is 10.5. The van der Waals surface area contributed by atoms with Crippen LogP contribution < -0.4 is 4.74 Å². The molecule has 21 heavy (non-hydrogen) atoms. The number of aryl methyl sites for hydroxylation is 1. The number of likely N-dealkylation sites (N-methyl/N-ethyl adjacent to an activating group) is 1. The highest BCUT2D eigenvalue weighted by molar-refractivity contribution is 7.89. The van der Waals surface area contributed by atoms with Crippen molar-refractivity contribution >= 4 is 16.0 Å². The number of hydrogen-bond donors (Lipinski definition) is 1. The molecule has 0 bridgehead atoms. The second-order valence-electron chi connectivity index (χ2n) is 4.40. The Hall–Kier alpha value is -1.64. The van der Waals surface area contributed by atoms with E-state index in [9.17, 15) is 13.2 Å². The van der Waals surface area contributed by atoms with Gasteiger partial charge < -0.3 is 14.6 Å². The van der Waals surface area contributed by atoms with Crippen molar-refractivity contribution in [3.63, 3.8) is 0 Å². The van der Waals surface area contributed by atoms with Crippen molar-refractivity contribution in [1.82, 2.24) is 4.31 Å². The van der Waals surface area contributed by atoms with Gasteiger partial charge >= 0.3 is 5.97 Å². The molecule has 0 amide bonds. The van der Waals surface area contributed by atoms with Crippen molar-refractivity contribution in [3.05, 3.63) is 23.8 Å². The Bertz CT molecular complexity index is 599. The Balaban J connectivity index is 2.78. The molecule has 0 aliphatic carbocycles. The number of carboxylic acid groups (broad SMARTS) is 1. The van der Waals surface area contributed by atoms with Gasteiger partial charge in [0.15, 0.2) is 0 Å².